The van der Waals surface area contributed by atoms with Crippen molar-refractivity contribution in [1.29, 1.82) is 0 Å². The second-order valence-corrected chi connectivity index (χ2v) is 15.2. The first-order valence-corrected chi connectivity index (χ1v) is 20.1. The van der Waals surface area contributed by atoms with Crippen LogP contribution in [0.3, 0.4) is 0 Å². The Morgan fingerprint density at radius 3 is 1.25 bits per heavy atom. The van der Waals surface area contributed by atoms with Gasteiger partial charge in [0.1, 0.15) is 5.60 Å². The van der Waals surface area contributed by atoms with Crippen LogP contribution in [0.2, 0.25) is 0 Å². The molecule has 9 aromatic carbocycles. The number of nitrogens with zero attached hydrogens (tertiary/aromatic N) is 1. The van der Waals surface area contributed by atoms with Crippen molar-refractivity contribution in [2.24, 2.45) is 0 Å². The second-order valence-electron chi connectivity index (χ2n) is 15.2. The summed E-state index contributed by atoms with van der Waals surface area (Å²) in [7, 11) is 0. The van der Waals surface area contributed by atoms with Gasteiger partial charge in [0.2, 0.25) is 0 Å². The Bertz CT molecular complexity index is 3080. The van der Waals surface area contributed by atoms with Gasteiger partial charge in [-0.3, -0.25) is 0 Å². The summed E-state index contributed by atoms with van der Waals surface area (Å²) in [6.07, 6.45) is 0. The van der Waals surface area contributed by atoms with Crippen molar-refractivity contribution in [3.8, 4) is 22.3 Å². The zero-order valence-corrected chi connectivity index (χ0v) is 32.2. The Balaban J connectivity index is 1.09. The fourth-order valence-electron chi connectivity index (χ4n) is 9.04. The minimum atomic E-state index is -1.55. The van der Waals surface area contributed by atoms with E-state index < -0.39 is 5.60 Å². The van der Waals surface area contributed by atoms with Crippen molar-refractivity contribution < 1.29 is 5.11 Å². The summed E-state index contributed by atoms with van der Waals surface area (Å²) in [5, 5.41) is 18.6. The molecule has 0 saturated carbocycles. The van der Waals surface area contributed by atoms with Crippen molar-refractivity contribution in [3.05, 3.63) is 235 Å². The SMILES string of the molecule is OC(c1ccc(-c2cccc3c2[nH]c2ccccc23)cc1)(c1ccc(-c2cccc3c2[nH]c2ccccc23)cc1)c1ccccc1N(c1ccccc1)c1ccccc1. The van der Waals surface area contributed by atoms with Gasteiger partial charge in [-0.25, -0.2) is 0 Å². The van der Waals surface area contributed by atoms with E-state index in [1.165, 1.54) is 21.5 Å². The zero-order chi connectivity index (χ0) is 39.3. The molecule has 0 bridgehead atoms. The van der Waals surface area contributed by atoms with Crippen molar-refractivity contribution >= 4 is 60.7 Å². The standard InChI is InChI=1S/C55H39N3O/c59-55(49-25-9-12-28-52(49)58(41-15-3-1-4-16-41)42-17-5-2-6-18-42,39-33-29-37(30-34-39)43-21-13-23-47-45-19-7-10-26-50(45)56-53(43)47)40-35-31-38(32-36-40)44-22-14-24-48-46-20-8-11-27-51(46)57-54(44)48/h1-36,56-57,59H. The number of nitrogens with one attached hydrogen (secondary N) is 2. The Morgan fingerprint density at radius 1 is 0.356 bits per heavy atom. The van der Waals surface area contributed by atoms with Crippen molar-refractivity contribution in [2.75, 3.05) is 4.90 Å². The quantitative estimate of drug-likeness (QED) is 0.135. The molecular formula is C55H39N3O. The molecule has 2 heterocycles. The number of anilines is 3. The predicted molar refractivity (Wildman–Crippen MR) is 246 cm³/mol. The largest absolute Gasteiger partial charge is 0.376 e. The maximum absolute atomic E-state index is 13.8. The maximum Gasteiger partial charge on any atom is 0.142 e. The average molecular weight is 758 g/mol. The molecule has 11 rings (SSSR count). The van der Waals surface area contributed by atoms with E-state index in [0.717, 1.165) is 78.1 Å². The molecule has 3 N–H and O–H groups in total. The molecule has 4 nitrogen and oxygen atoms in total. The van der Waals surface area contributed by atoms with Gasteiger partial charge < -0.3 is 20.0 Å². The number of H-pyrrole nitrogens is 2. The molecule has 59 heavy (non-hydrogen) atoms. The number of hydrogen-bond donors (Lipinski definition) is 3. The molecule has 0 aliphatic rings. The van der Waals surface area contributed by atoms with Gasteiger partial charge in [-0.15, -0.1) is 0 Å². The minimum absolute atomic E-state index is 0.767. The first kappa shape index (κ1) is 34.6. The summed E-state index contributed by atoms with van der Waals surface area (Å²) < 4.78 is 0. The number of fused-ring (bicyclic) bond motifs is 6. The highest BCUT2D eigenvalue weighted by Gasteiger charge is 2.37. The van der Waals surface area contributed by atoms with Crippen LogP contribution in [0.15, 0.2) is 218 Å². The van der Waals surface area contributed by atoms with E-state index in [9.17, 15) is 5.11 Å². The maximum atomic E-state index is 13.8. The zero-order valence-electron chi connectivity index (χ0n) is 32.2. The third-order valence-corrected chi connectivity index (χ3v) is 11.9. The van der Waals surface area contributed by atoms with E-state index in [-0.39, 0.29) is 0 Å². The lowest BCUT2D eigenvalue weighted by molar-refractivity contribution is 0.126. The molecule has 0 atom stereocenters. The van der Waals surface area contributed by atoms with E-state index in [2.05, 4.69) is 209 Å². The highest BCUT2D eigenvalue weighted by molar-refractivity contribution is 6.12. The Labute approximate surface area is 342 Å². The van der Waals surface area contributed by atoms with Crippen LogP contribution in [0, 0.1) is 0 Å². The van der Waals surface area contributed by atoms with Crippen LogP contribution in [0.1, 0.15) is 16.7 Å². The second kappa shape index (κ2) is 14.1. The summed E-state index contributed by atoms with van der Waals surface area (Å²) in [4.78, 5) is 9.58. The smallest absolute Gasteiger partial charge is 0.142 e. The van der Waals surface area contributed by atoms with Gasteiger partial charge in [-0.05, 0) is 64.7 Å². The number of aliphatic hydroxyl groups is 1. The number of hydrogen-bond acceptors (Lipinski definition) is 2. The number of benzene rings is 9. The molecule has 0 aliphatic carbocycles. The van der Waals surface area contributed by atoms with E-state index in [1.807, 2.05) is 24.3 Å². The molecule has 0 saturated heterocycles. The van der Waals surface area contributed by atoms with Crippen LogP contribution in [-0.4, -0.2) is 15.1 Å². The van der Waals surface area contributed by atoms with Crippen LogP contribution in [0.25, 0.3) is 65.9 Å². The fraction of sp³-hybridized carbons (Fsp3) is 0.0182. The summed E-state index contributed by atoms with van der Waals surface area (Å²) >= 11 is 0. The normalized spacial score (nSPS) is 11.8. The Hall–Kier alpha value is -7.66. The van der Waals surface area contributed by atoms with Gasteiger partial charge >= 0.3 is 0 Å². The topological polar surface area (TPSA) is 55.0 Å². The highest BCUT2D eigenvalue weighted by Crippen LogP contribution is 2.47. The predicted octanol–water partition coefficient (Wildman–Crippen LogP) is 14.0. The van der Waals surface area contributed by atoms with Crippen LogP contribution in [-0.2, 0) is 5.60 Å². The van der Waals surface area contributed by atoms with E-state index in [4.69, 9.17) is 0 Å². The Morgan fingerprint density at radius 2 is 0.763 bits per heavy atom. The van der Waals surface area contributed by atoms with Crippen LogP contribution in [0.5, 0.6) is 0 Å². The number of rotatable bonds is 8. The van der Waals surface area contributed by atoms with Crippen molar-refractivity contribution in [2.45, 2.75) is 5.60 Å². The summed E-state index contributed by atoms with van der Waals surface area (Å²) in [5.41, 5.74) is 12.4. The number of aromatic amines is 2. The van der Waals surface area contributed by atoms with Crippen molar-refractivity contribution in [3.63, 3.8) is 0 Å². The van der Waals surface area contributed by atoms with Gasteiger partial charge in [0.15, 0.2) is 0 Å². The van der Waals surface area contributed by atoms with Crippen LogP contribution >= 0.6 is 0 Å². The molecule has 11 aromatic rings. The lowest BCUT2D eigenvalue weighted by Gasteiger charge is -2.36. The first-order chi connectivity index (χ1) is 29.1. The van der Waals surface area contributed by atoms with Gasteiger partial charge in [0.25, 0.3) is 0 Å². The first-order valence-electron chi connectivity index (χ1n) is 20.1. The van der Waals surface area contributed by atoms with Crippen molar-refractivity contribution in [1.82, 2.24) is 9.97 Å². The molecule has 0 amide bonds. The van der Waals surface area contributed by atoms with Gasteiger partial charge in [-0.1, -0.05) is 176 Å². The average Bonchev–Trinajstić information content (AvgIpc) is 3.89. The van der Waals surface area contributed by atoms with Gasteiger partial charge in [-0.2, -0.15) is 0 Å². The highest BCUT2D eigenvalue weighted by atomic mass is 16.3. The molecule has 0 unspecified atom stereocenters. The summed E-state index contributed by atoms with van der Waals surface area (Å²) in [6.45, 7) is 0. The van der Waals surface area contributed by atoms with E-state index in [1.54, 1.807) is 0 Å². The number of aromatic nitrogens is 2. The van der Waals surface area contributed by atoms with E-state index in [0.29, 0.717) is 0 Å². The molecule has 0 aliphatic heterocycles. The molecule has 0 spiro atoms. The lowest BCUT2D eigenvalue weighted by Crippen LogP contribution is -2.31. The third-order valence-electron chi connectivity index (χ3n) is 11.9. The molecule has 280 valence electrons. The van der Waals surface area contributed by atoms with Gasteiger partial charge in [0.05, 0.1) is 16.7 Å². The monoisotopic (exact) mass is 757 g/mol. The Kier molecular flexibility index (Phi) is 8.24. The third kappa shape index (κ3) is 5.73. The van der Waals surface area contributed by atoms with Crippen LogP contribution in [0.4, 0.5) is 17.1 Å². The van der Waals surface area contributed by atoms with E-state index >= 15 is 0 Å². The summed E-state index contributed by atoms with van der Waals surface area (Å²) in [5.74, 6) is 0. The lowest BCUT2D eigenvalue weighted by atomic mass is 9.78. The van der Waals surface area contributed by atoms with Gasteiger partial charge in [0, 0.05) is 60.6 Å². The number of para-hydroxylation sites is 7. The molecule has 4 heteroatoms. The summed E-state index contributed by atoms with van der Waals surface area (Å²) in [6, 6.07) is 75.7. The molecule has 2 aromatic heterocycles. The molecular weight excluding hydrogens is 719 g/mol. The fourth-order valence-corrected chi connectivity index (χ4v) is 9.04. The van der Waals surface area contributed by atoms with Crippen LogP contribution < -0.4 is 4.90 Å². The molecule has 0 fully saturated rings. The minimum Gasteiger partial charge on any atom is -0.376 e. The molecule has 0 radical (unpaired) electrons.